The Morgan fingerprint density at radius 2 is 2.00 bits per heavy atom. The Morgan fingerprint density at radius 3 is 2.50 bits per heavy atom. The molecule has 0 spiro atoms. The third-order valence-corrected chi connectivity index (χ3v) is 3.14. The molecule has 1 fully saturated rings. The number of primary amides is 1. The molecular weight excluding hydrogens is 176 g/mol. The zero-order chi connectivity index (χ0) is 10.4. The molecule has 3 heteroatoms. The zero-order valence-corrected chi connectivity index (χ0v) is 9.17. The molecule has 1 aliphatic rings. The highest BCUT2D eigenvalue weighted by Crippen LogP contribution is 2.22. The number of nitrogens with zero attached hydrogens (tertiary/aromatic N) is 1. The molecule has 1 saturated carbocycles. The summed E-state index contributed by atoms with van der Waals surface area (Å²) in [6.45, 7) is 4.05. The van der Waals surface area contributed by atoms with Crippen molar-refractivity contribution < 1.29 is 4.79 Å². The van der Waals surface area contributed by atoms with Crippen molar-refractivity contribution in [3.8, 4) is 0 Å². The molecule has 82 valence electrons. The minimum atomic E-state index is -0.181. The van der Waals surface area contributed by atoms with Gasteiger partial charge in [-0.2, -0.15) is 0 Å². The third-order valence-electron chi connectivity index (χ3n) is 3.14. The Morgan fingerprint density at radius 1 is 1.36 bits per heavy atom. The Labute approximate surface area is 86.6 Å². The molecule has 0 heterocycles. The lowest BCUT2D eigenvalue weighted by atomic mass is 9.94. The summed E-state index contributed by atoms with van der Waals surface area (Å²) in [6.07, 6.45) is 7.17. The van der Waals surface area contributed by atoms with Crippen molar-refractivity contribution >= 4 is 5.91 Å². The summed E-state index contributed by atoms with van der Waals surface area (Å²) in [4.78, 5) is 13.1. The minimum absolute atomic E-state index is 0.181. The van der Waals surface area contributed by atoms with E-state index in [4.69, 9.17) is 5.73 Å². The van der Waals surface area contributed by atoms with E-state index >= 15 is 0 Å². The summed E-state index contributed by atoms with van der Waals surface area (Å²) in [7, 11) is 0. The van der Waals surface area contributed by atoms with Gasteiger partial charge in [-0.25, -0.2) is 0 Å². The summed E-state index contributed by atoms with van der Waals surface area (Å²) < 4.78 is 0. The molecule has 0 aromatic heterocycles. The third kappa shape index (κ3) is 3.66. The smallest absolute Gasteiger partial charge is 0.218 e. The first kappa shape index (κ1) is 11.5. The van der Waals surface area contributed by atoms with Crippen LogP contribution in [0.15, 0.2) is 0 Å². The first-order valence-electron chi connectivity index (χ1n) is 5.76. The van der Waals surface area contributed by atoms with Gasteiger partial charge in [0.15, 0.2) is 0 Å². The molecule has 3 nitrogen and oxygen atoms in total. The van der Waals surface area contributed by atoms with Crippen molar-refractivity contribution in [3.05, 3.63) is 0 Å². The average Bonchev–Trinajstić information content (AvgIpc) is 2.20. The summed E-state index contributed by atoms with van der Waals surface area (Å²) in [6, 6.07) is 0.702. The first-order valence-corrected chi connectivity index (χ1v) is 5.76. The van der Waals surface area contributed by atoms with Crippen LogP contribution in [-0.2, 0) is 4.79 Å². The lowest BCUT2D eigenvalue weighted by Gasteiger charge is -2.33. The minimum Gasteiger partial charge on any atom is -0.370 e. The number of rotatable bonds is 5. The summed E-state index contributed by atoms with van der Waals surface area (Å²) >= 11 is 0. The maximum Gasteiger partial charge on any atom is 0.218 e. The molecule has 0 radical (unpaired) electrons. The predicted molar refractivity (Wildman–Crippen MR) is 57.9 cm³/mol. The van der Waals surface area contributed by atoms with Gasteiger partial charge >= 0.3 is 0 Å². The number of hydrogen-bond donors (Lipinski definition) is 1. The summed E-state index contributed by atoms with van der Waals surface area (Å²) in [5.41, 5.74) is 5.16. The van der Waals surface area contributed by atoms with E-state index in [9.17, 15) is 4.79 Å². The Balaban J connectivity index is 2.31. The molecule has 0 aromatic carbocycles. The van der Waals surface area contributed by atoms with Gasteiger partial charge in [0.05, 0.1) is 0 Å². The predicted octanol–water partition coefficient (Wildman–Crippen LogP) is 1.52. The van der Waals surface area contributed by atoms with Crippen LogP contribution in [0.1, 0.15) is 45.4 Å². The maximum atomic E-state index is 10.7. The van der Waals surface area contributed by atoms with Crippen LogP contribution in [0, 0.1) is 0 Å². The Hall–Kier alpha value is -0.570. The van der Waals surface area contributed by atoms with Gasteiger partial charge in [0, 0.05) is 19.0 Å². The number of carbonyl (C=O) groups is 1. The normalized spacial score (nSPS) is 18.7. The van der Waals surface area contributed by atoms with Crippen LogP contribution in [0.4, 0.5) is 0 Å². The van der Waals surface area contributed by atoms with E-state index < -0.39 is 0 Å². The lowest BCUT2D eigenvalue weighted by molar-refractivity contribution is -0.118. The van der Waals surface area contributed by atoms with Gasteiger partial charge in [-0.3, -0.25) is 4.79 Å². The average molecular weight is 198 g/mol. The number of hydrogen-bond acceptors (Lipinski definition) is 2. The van der Waals surface area contributed by atoms with Gasteiger partial charge in [-0.05, 0) is 19.4 Å². The second-order valence-corrected chi connectivity index (χ2v) is 4.14. The largest absolute Gasteiger partial charge is 0.370 e. The first-order chi connectivity index (χ1) is 6.74. The van der Waals surface area contributed by atoms with E-state index in [2.05, 4.69) is 11.8 Å². The van der Waals surface area contributed by atoms with E-state index in [1.54, 1.807) is 0 Å². The van der Waals surface area contributed by atoms with Crippen LogP contribution in [0.3, 0.4) is 0 Å². The molecular formula is C11H22N2O. The quantitative estimate of drug-likeness (QED) is 0.728. The van der Waals surface area contributed by atoms with Gasteiger partial charge in [-0.15, -0.1) is 0 Å². The monoisotopic (exact) mass is 198 g/mol. The van der Waals surface area contributed by atoms with Crippen LogP contribution in [-0.4, -0.2) is 29.9 Å². The van der Waals surface area contributed by atoms with Crippen molar-refractivity contribution in [1.29, 1.82) is 0 Å². The zero-order valence-electron chi connectivity index (χ0n) is 9.17. The van der Waals surface area contributed by atoms with E-state index in [0.29, 0.717) is 12.5 Å². The number of amides is 1. The summed E-state index contributed by atoms with van der Waals surface area (Å²) in [5, 5.41) is 0. The van der Waals surface area contributed by atoms with E-state index in [1.807, 2.05) is 0 Å². The van der Waals surface area contributed by atoms with Crippen LogP contribution < -0.4 is 5.73 Å². The van der Waals surface area contributed by atoms with Gasteiger partial charge in [0.25, 0.3) is 0 Å². The fraction of sp³-hybridized carbons (Fsp3) is 0.909. The SMILES string of the molecule is CCN(CCC(N)=O)C1CCCCC1. The number of nitrogens with two attached hydrogens (primary N) is 1. The van der Waals surface area contributed by atoms with Crippen LogP contribution in [0.5, 0.6) is 0 Å². The highest BCUT2D eigenvalue weighted by atomic mass is 16.1. The molecule has 1 amide bonds. The van der Waals surface area contributed by atoms with Crippen molar-refractivity contribution in [3.63, 3.8) is 0 Å². The molecule has 0 atom stereocenters. The van der Waals surface area contributed by atoms with Crippen molar-refractivity contribution in [1.82, 2.24) is 4.90 Å². The van der Waals surface area contributed by atoms with Crippen LogP contribution in [0.25, 0.3) is 0 Å². The maximum absolute atomic E-state index is 10.7. The van der Waals surface area contributed by atoms with E-state index in [-0.39, 0.29) is 5.91 Å². The highest BCUT2D eigenvalue weighted by molar-refractivity contribution is 5.73. The fourth-order valence-corrected chi connectivity index (χ4v) is 2.30. The topological polar surface area (TPSA) is 46.3 Å². The second kappa shape index (κ2) is 6.02. The molecule has 14 heavy (non-hydrogen) atoms. The molecule has 1 aliphatic carbocycles. The van der Waals surface area contributed by atoms with E-state index in [0.717, 1.165) is 13.1 Å². The molecule has 1 rings (SSSR count). The van der Waals surface area contributed by atoms with Gasteiger partial charge in [0.1, 0.15) is 0 Å². The second-order valence-electron chi connectivity index (χ2n) is 4.14. The van der Waals surface area contributed by atoms with Gasteiger partial charge in [-0.1, -0.05) is 26.2 Å². The highest BCUT2D eigenvalue weighted by Gasteiger charge is 2.19. The van der Waals surface area contributed by atoms with E-state index in [1.165, 1.54) is 32.1 Å². The Kier molecular flexibility index (Phi) is 4.94. The Bertz CT molecular complexity index is 176. The molecule has 0 unspecified atom stereocenters. The molecule has 0 bridgehead atoms. The van der Waals surface area contributed by atoms with Crippen molar-refractivity contribution in [2.45, 2.75) is 51.5 Å². The fourth-order valence-electron chi connectivity index (χ4n) is 2.30. The van der Waals surface area contributed by atoms with Gasteiger partial charge in [0.2, 0.25) is 5.91 Å². The lowest BCUT2D eigenvalue weighted by Crippen LogP contribution is -2.38. The standard InChI is InChI=1S/C11H22N2O/c1-2-13(9-8-11(12)14)10-6-4-3-5-7-10/h10H,2-9H2,1H3,(H2,12,14). The van der Waals surface area contributed by atoms with Crippen LogP contribution in [0.2, 0.25) is 0 Å². The number of carbonyl (C=O) groups excluding carboxylic acids is 1. The van der Waals surface area contributed by atoms with Gasteiger partial charge < -0.3 is 10.6 Å². The summed E-state index contributed by atoms with van der Waals surface area (Å²) in [5.74, 6) is -0.181. The van der Waals surface area contributed by atoms with Crippen molar-refractivity contribution in [2.24, 2.45) is 5.73 Å². The van der Waals surface area contributed by atoms with Crippen LogP contribution >= 0.6 is 0 Å². The van der Waals surface area contributed by atoms with Crippen molar-refractivity contribution in [2.75, 3.05) is 13.1 Å². The molecule has 2 N–H and O–H groups in total. The molecule has 0 aromatic rings. The molecule has 0 aliphatic heterocycles. The molecule has 0 saturated heterocycles.